The summed E-state index contributed by atoms with van der Waals surface area (Å²) in [4.78, 5) is 2.57. The number of hydrogen-bond acceptors (Lipinski definition) is 3. The van der Waals surface area contributed by atoms with Gasteiger partial charge in [0.05, 0.1) is 4.90 Å². The summed E-state index contributed by atoms with van der Waals surface area (Å²) in [5, 5.41) is 0.474. The second-order valence-electron chi connectivity index (χ2n) is 5.71. The highest BCUT2D eigenvalue weighted by Crippen LogP contribution is 2.20. The average Bonchev–Trinajstić information content (AvgIpc) is 2.48. The van der Waals surface area contributed by atoms with Gasteiger partial charge in [-0.3, -0.25) is 4.90 Å². The summed E-state index contributed by atoms with van der Waals surface area (Å²) in [5.41, 5.74) is 0.873. The molecule has 1 atom stereocenters. The van der Waals surface area contributed by atoms with Crippen LogP contribution in [0, 0.1) is 6.92 Å². The predicted octanol–water partition coefficient (Wildman–Crippen LogP) is 2.80. The molecule has 1 aromatic carbocycles. The minimum Gasteiger partial charge on any atom is -0.299 e. The second kappa shape index (κ2) is 7.09. The topological polar surface area (TPSA) is 49.4 Å². The van der Waals surface area contributed by atoms with Crippen molar-refractivity contribution in [3.8, 4) is 0 Å². The predicted molar refractivity (Wildman–Crippen MR) is 86.3 cm³/mol. The lowest BCUT2D eigenvalue weighted by atomic mass is 10.1. The molecule has 1 heterocycles. The number of rotatable bonds is 5. The highest BCUT2D eigenvalue weighted by molar-refractivity contribution is 7.89. The molecule has 0 radical (unpaired) electrons. The second-order valence-corrected chi connectivity index (χ2v) is 7.88. The fourth-order valence-electron chi connectivity index (χ4n) is 2.54. The van der Waals surface area contributed by atoms with Gasteiger partial charge in [-0.15, -0.1) is 0 Å². The molecule has 6 heteroatoms. The van der Waals surface area contributed by atoms with E-state index in [2.05, 4.69) is 16.5 Å². The largest absolute Gasteiger partial charge is 0.299 e. The third-order valence-corrected chi connectivity index (χ3v) is 5.86. The molecule has 1 N–H and O–H groups in total. The molecule has 0 aliphatic carbocycles. The molecule has 1 aromatic rings. The maximum Gasteiger partial charge on any atom is 0.240 e. The van der Waals surface area contributed by atoms with Gasteiger partial charge in [-0.1, -0.05) is 24.1 Å². The third-order valence-electron chi connectivity index (χ3n) is 4.04. The fraction of sp³-hybridized carbons (Fsp3) is 0.600. The zero-order valence-electron chi connectivity index (χ0n) is 12.6. The standard InChI is InChI=1S/C15H23ClN2O2S/c1-12-6-7-14(10-15(12)16)21(19,20)17-11-13(2)18-8-4-3-5-9-18/h6-7,10,13,17H,3-5,8-9,11H2,1-2H3. The van der Waals surface area contributed by atoms with Gasteiger partial charge in [-0.25, -0.2) is 13.1 Å². The monoisotopic (exact) mass is 330 g/mol. The van der Waals surface area contributed by atoms with Crippen molar-refractivity contribution in [3.05, 3.63) is 28.8 Å². The Morgan fingerprint density at radius 1 is 1.29 bits per heavy atom. The van der Waals surface area contributed by atoms with Crippen LogP contribution >= 0.6 is 11.6 Å². The highest BCUT2D eigenvalue weighted by Gasteiger charge is 2.20. The number of halogens is 1. The number of sulfonamides is 1. The first-order chi connectivity index (χ1) is 9.90. The maximum absolute atomic E-state index is 12.3. The van der Waals surface area contributed by atoms with Crippen molar-refractivity contribution >= 4 is 21.6 Å². The van der Waals surface area contributed by atoms with Crippen molar-refractivity contribution in [2.24, 2.45) is 0 Å². The van der Waals surface area contributed by atoms with E-state index in [1.165, 1.54) is 25.3 Å². The molecule has 1 unspecified atom stereocenters. The molecule has 0 spiro atoms. The van der Waals surface area contributed by atoms with Crippen molar-refractivity contribution < 1.29 is 8.42 Å². The van der Waals surface area contributed by atoms with Crippen LogP contribution in [0.2, 0.25) is 5.02 Å². The van der Waals surface area contributed by atoms with Gasteiger partial charge in [0.1, 0.15) is 0 Å². The molecule has 118 valence electrons. The number of aryl methyl sites for hydroxylation is 1. The van der Waals surface area contributed by atoms with Gasteiger partial charge in [0.2, 0.25) is 10.0 Å². The first-order valence-corrected chi connectivity index (χ1v) is 9.26. The number of benzene rings is 1. The number of piperidine rings is 1. The number of nitrogens with one attached hydrogen (secondary N) is 1. The summed E-state index contributed by atoms with van der Waals surface area (Å²) in [7, 11) is -3.49. The first kappa shape index (κ1) is 16.7. The Morgan fingerprint density at radius 3 is 2.57 bits per heavy atom. The number of nitrogens with zero attached hydrogens (tertiary/aromatic N) is 1. The Balaban J connectivity index is 1.98. The van der Waals surface area contributed by atoms with E-state index in [-0.39, 0.29) is 10.9 Å². The van der Waals surface area contributed by atoms with E-state index < -0.39 is 10.0 Å². The Bertz CT molecular complexity index is 583. The molecule has 0 bridgehead atoms. The lowest BCUT2D eigenvalue weighted by Crippen LogP contribution is -2.44. The summed E-state index contributed by atoms with van der Waals surface area (Å²) < 4.78 is 27.3. The molecular formula is C15H23ClN2O2S. The molecule has 21 heavy (non-hydrogen) atoms. The average molecular weight is 331 g/mol. The van der Waals surface area contributed by atoms with E-state index in [1.807, 2.05) is 6.92 Å². The van der Waals surface area contributed by atoms with Gasteiger partial charge < -0.3 is 0 Å². The van der Waals surface area contributed by atoms with Crippen LogP contribution in [0.3, 0.4) is 0 Å². The van der Waals surface area contributed by atoms with Crippen LogP contribution in [0.5, 0.6) is 0 Å². The summed E-state index contributed by atoms with van der Waals surface area (Å²) in [5.74, 6) is 0. The Kier molecular flexibility index (Phi) is 5.66. The normalized spacial score (nSPS) is 18.6. The van der Waals surface area contributed by atoms with Crippen LogP contribution in [-0.2, 0) is 10.0 Å². The van der Waals surface area contributed by atoms with Crippen LogP contribution in [0.1, 0.15) is 31.7 Å². The van der Waals surface area contributed by atoms with E-state index in [9.17, 15) is 8.42 Å². The van der Waals surface area contributed by atoms with E-state index in [4.69, 9.17) is 11.6 Å². The van der Waals surface area contributed by atoms with Gasteiger partial charge in [0.25, 0.3) is 0 Å². The quantitative estimate of drug-likeness (QED) is 0.903. The minimum atomic E-state index is -3.49. The Labute approximate surface area is 132 Å². The summed E-state index contributed by atoms with van der Waals surface area (Å²) in [6.07, 6.45) is 3.67. The van der Waals surface area contributed by atoms with Crippen molar-refractivity contribution in [2.75, 3.05) is 19.6 Å². The lowest BCUT2D eigenvalue weighted by molar-refractivity contribution is 0.175. The number of likely N-dealkylation sites (tertiary alicyclic amines) is 1. The Hall–Kier alpha value is -0.620. The highest BCUT2D eigenvalue weighted by atomic mass is 35.5. The summed E-state index contributed by atoms with van der Waals surface area (Å²) >= 11 is 6.00. The van der Waals surface area contributed by atoms with E-state index in [0.29, 0.717) is 11.6 Å². The molecule has 0 amide bonds. The molecule has 1 aliphatic rings. The van der Waals surface area contributed by atoms with Crippen molar-refractivity contribution in [1.29, 1.82) is 0 Å². The number of hydrogen-bond donors (Lipinski definition) is 1. The maximum atomic E-state index is 12.3. The van der Waals surface area contributed by atoms with Crippen LogP contribution in [0.25, 0.3) is 0 Å². The summed E-state index contributed by atoms with van der Waals surface area (Å²) in [6.45, 7) is 6.45. The summed E-state index contributed by atoms with van der Waals surface area (Å²) in [6, 6.07) is 5.03. The van der Waals surface area contributed by atoms with Crippen LogP contribution in [0.15, 0.2) is 23.1 Å². The van der Waals surface area contributed by atoms with Crippen LogP contribution in [0.4, 0.5) is 0 Å². The Morgan fingerprint density at radius 2 is 1.95 bits per heavy atom. The van der Waals surface area contributed by atoms with E-state index in [1.54, 1.807) is 12.1 Å². The fourth-order valence-corrected chi connectivity index (χ4v) is 3.94. The van der Waals surface area contributed by atoms with E-state index >= 15 is 0 Å². The zero-order valence-corrected chi connectivity index (χ0v) is 14.2. The van der Waals surface area contributed by atoms with Crippen molar-refractivity contribution in [3.63, 3.8) is 0 Å². The first-order valence-electron chi connectivity index (χ1n) is 7.40. The molecular weight excluding hydrogens is 308 g/mol. The SMILES string of the molecule is Cc1ccc(S(=O)(=O)NCC(C)N2CCCCC2)cc1Cl. The molecule has 1 fully saturated rings. The van der Waals surface area contributed by atoms with E-state index in [0.717, 1.165) is 18.7 Å². The van der Waals surface area contributed by atoms with Crippen molar-refractivity contribution in [1.82, 2.24) is 9.62 Å². The van der Waals surface area contributed by atoms with Gasteiger partial charge in [0.15, 0.2) is 0 Å². The van der Waals surface area contributed by atoms with Gasteiger partial charge in [0, 0.05) is 17.6 Å². The van der Waals surface area contributed by atoms with Crippen molar-refractivity contribution in [2.45, 2.75) is 44.0 Å². The van der Waals surface area contributed by atoms with Gasteiger partial charge in [-0.05, 0) is 57.5 Å². The molecule has 0 saturated carbocycles. The van der Waals surface area contributed by atoms with Crippen LogP contribution in [-0.4, -0.2) is 39.0 Å². The van der Waals surface area contributed by atoms with Gasteiger partial charge in [-0.2, -0.15) is 0 Å². The zero-order chi connectivity index (χ0) is 15.5. The molecule has 0 aromatic heterocycles. The third kappa shape index (κ3) is 4.42. The van der Waals surface area contributed by atoms with Gasteiger partial charge >= 0.3 is 0 Å². The smallest absolute Gasteiger partial charge is 0.240 e. The molecule has 1 aliphatic heterocycles. The van der Waals surface area contributed by atoms with Crippen LogP contribution < -0.4 is 4.72 Å². The molecule has 4 nitrogen and oxygen atoms in total. The minimum absolute atomic E-state index is 0.209. The molecule has 2 rings (SSSR count). The lowest BCUT2D eigenvalue weighted by Gasteiger charge is -2.32. The molecule has 1 saturated heterocycles.